The molecule has 4 rings (SSSR count). The molecule has 2 aliphatic carbocycles. The van der Waals surface area contributed by atoms with E-state index in [1.165, 1.54) is 25.7 Å². The first-order chi connectivity index (χ1) is 13.2. The third kappa shape index (κ3) is 2.45. The molecular weight excluding hydrogens is 364 g/mol. The van der Waals surface area contributed by atoms with Gasteiger partial charge in [0.05, 0.1) is 31.5 Å². The summed E-state index contributed by atoms with van der Waals surface area (Å²) in [6.07, 6.45) is 5.22. The second kappa shape index (κ2) is 6.22. The van der Waals surface area contributed by atoms with Crippen LogP contribution in [0.25, 0.3) is 0 Å². The molecule has 1 saturated carbocycles. The van der Waals surface area contributed by atoms with E-state index in [2.05, 4.69) is 0 Å². The number of hydrogen-bond donors (Lipinski definition) is 1. The fourth-order valence-corrected chi connectivity index (χ4v) is 5.82. The average molecular weight is 388 g/mol. The average Bonchev–Trinajstić information content (AvgIpc) is 3.18. The first-order valence-electron chi connectivity index (χ1n) is 9.48. The van der Waals surface area contributed by atoms with Crippen LogP contribution in [0.5, 0.6) is 0 Å². The summed E-state index contributed by atoms with van der Waals surface area (Å²) in [6.45, 7) is 3.78. The topological polar surface area (TPSA) is 103 Å². The van der Waals surface area contributed by atoms with Crippen LogP contribution in [0.15, 0.2) is 34.8 Å². The molecule has 0 spiro atoms. The lowest BCUT2D eigenvalue weighted by molar-refractivity contribution is -0.197. The highest BCUT2D eigenvalue weighted by atomic mass is 16.5. The first-order valence-corrected chi connectivity index (χ1v) is 9.48. The molecule has 6 atom stereocenters. The number of cyclic esters (lactones) is 1. The molecule has 1 saturated heterocycles. The van der Waals surface area contributed by atoms with Gasteiger partial charge in [0.15, 0.2) is 5.76 Å². The molecule has 2 heterocycles. The minimum absolute atomic E-state index is 0.349. The van der Waals surface area contributed by atoms with E-state index in [1.54, 1.807) is 6.07 Å². The van der Waals surface area contributed by atoms with Crippen LogP contribution in [0, 0.1) is 28.6 Å². The van der Waals surface area contributed by atoms with Crippen molar-refractivity contribution >= 4 is 17.7 Å². The Morgan fingerprint density at radius 2 is 2.04 bits per heavy atom. The lowest BCUT2D eigenvalue weighted by Crippen LogP contribution is -2.61. The predicted molar refractivity (Wildman–Crippen MR) is 95.8 cm³/mol. The van der Waals surface area contributed by atoms with Crippen LogP contribution in [-0.2, 0) is 23.9 Å². The van der Waals surface area contributed by atoms with E-state index in [9.17, 15) is 19.5 Å². The largest absolute Gasteiger partial charge is 0.505 e. The number of rotatable bonds is 2. The second-order valence-corrected chi connectivity index (χ2v) is 8.64. The van der Waals surface area contributed by atoms with Gasteiger partial charge in [-0.15, -0.1) is 0 Å². The molecule has 0 aromatic carbocycles. The number of fused-ring (bicyclic) bond motifs is 3. The number of hydrogen-bond acceptors (Lipinski definition) is 7. The molecule has 28 heavy (non-hydrogen) atoms. The molecule has 150 valence electrons. The molecule has 0 amide bonds. The number of carbonyl (C=O) groups excluding carboxylic acids is 3. The SMILES string of the molecule is COC(=O)[C@@H]1C=C(O)C(=O)[C@H]2[C@@]1(C)CC[C@H]1C(=O)O[C@H](c3ccoc3)C[C@]21C. The van der Waals surface area contributed by atoms with Crippen LogP contribution >= 0.6 is 0 Å². The number of aliphatic hydroxyl groups excluding tert-OH is 1. The summed E-state index contributed by atoms with van der Waals surface area (Å²) in [5.74, 6) is -3.61. The number of allylic oxidation sites excluding steroid dienone is 1. The van der Waals surface area contributed by atoms with E-state index in [4.69, 9.17) is 13.9 Å². The summed E-state index contributed by atoms with van der Waals surface area (Å²) in [5, 5.41) is 10.3. The van der Waals surface area contributed by atoms with Gasteiger partial charge in [-0.1, -0.05) is 13.8 Å². The van der Waals surface area contributed by atoms with Crippen molar-refractivity contribution in [3.63, 3.8) is 0 Å². The number of ether oxygens (including phenoxy) is 2. The number of Topliss-reactive ketones (excluding diaryl/α,β-unsaturated/α-hetero) is 1. The molecule has 3 aliphatic rings. The number of ketones is 1. The summed E-state index contributed by atoms with van der Waals surface area (Å²) in [6, 6.07) is 1.74. The Labute approximate surface area is 162 Å². The minimum Gasteiger partial charge on any atom is -0.505 e. The monoisotopic (exact) mass is 388 g/mol. The van der Waals surface area contributed by atoms with E-state index in [0.717, 1.165) is 5.56 Å². The van der Waals surface area contributed by atoms with Crippen molar-refractivity contribution in [2.75, 3.05) is 7.11 Å². The fourth-order valence-electron chi connectivity index (χ4n) is 5.82. The van der Waals surface area contributed by atoms with Crippen molar-refractivity contribution in [1.29, 1.82) is 0 Å². The maximum absolute atomic E-state index is 13.1. The minimum atomic E-state index is -0.768. The molecule has 7 nitrogen and oxygen atoms in total. The fraction of sp³-hybridized carbons (Fsp3) is 0.571. The van der Waals surface area contributed by atoms with Crippen molar-refractivity contribution in [3.8, 4) is 0 Å². The zero-order valence-electron chi connectivity index (χ0n) is 16.1. The molecule has 7 heteroatoms. The molecule has 1 aliphatic heterocycles. The van der Waals surface area contributed by atoms with Crippen LogP contribution in [0.2, 0.25) is 0 Å². The number of methoxy groups -OCH3 is 1. The predicted octanol–water partition coefficient (Wildman–Crippen LogP) is 3.12. The van der Waals surface area contributed by atoms with E-state index >= 15 is 0 Å². The molecule has 0 bridgehead atoms. The van der Waals surface area contributed by atoms with Gasteiger partial charge in [0.2, 0.25) is 5.78 Å². The molecule has 1 aromatic rings. The quantitative estimate of drug-likeness (QED) is 0.776. The maximum Gasteiger partial charge on any atom is 0.313 e. The van der Waals surface area contributed by atoms with Gasteiger partial charge in [0, 0.05) is 11.5 Å². The van der Waals surface area contributed by atoms with E-state index < -0.39 is 52.2 Å². The highest BCUT2D eigenvalue weighted by Gasteiger charge is 2.66. The molecule has 0 unspecified atom stereocenters. The zero-order valence-corrected chi connectivity index (χ0v) is 16.1. The van der Waals surface area contributed by atoms with Crippen molar-refractivity contribution < 1.29 is 33.4 Å². The normalized spacial score (nSPS) is 40.0. The summed E-state index contributed by atoms with van der Waals surface area (Å²) in [4.78, 5) is 38.5. The number of esters is 2. The standard InChI is InChI=1S/C21H24O7/c1-20-6-4-12-19(25)28-15(11-5-7-27-10-11)9-21(12,2)17(20)16(23)14(22)8-13(20)18(24)26-3/h5,7-8,10,12-13,15,17,22H,4,6,9H2,1-3H3/t12-,13-,15-,17-,20-,21-/m0/s1. The summed E-state index contributed by atoms with van der Waals surface area (Å²) in [7, 11) is 1.29. The van der Waals surface area contributed by atoms with E-state index in [0.29, 0.717) is 19.3 Å². The Bertz CT molecular complexity index is 854. The van der Waals surface area contributed by atoms with Crippen LogP contribution in [0.1, 0.15) is 44.8 Å². The Morgan fingerprint density at radius 1 is 1.29 bits per heavy atom. The van der Waals surface area contributed by atoms with Gasteiger partial charge in [0.25, 0.3) is 0 Å². The van der Waals surface area contributed by atoms with E-state index in [-0.39, 0.29) is 5.97 Å². The number of furan rings is 1. The smallest absolute Gasteiger partial charge is 0.313 e. The Kier molecular flexibility index (Phi) is 4.17. The summed E-state index contributed by atoms with van der Waals surface area (Å²) in [5.41, 5.74) is -0.788. The highest BCUT2D eigenvalue weighted by Crippen LogP contribution is 2.64. The second-order valence-electron chi connectivity index (χ2n) is 8.64. The van der Waals surface area contributed by atoms with Crippen molar-refractivity contribution in [2.45, 2.75) is 39.2 Å². The van der Waals surface area contributed by atoms with Gasteiger partial charge in [0.1, 0.15) is 6.10 Å². The van der Waals surface area contributed by atoms with Crippen molar-refractivity contribution in [3.05, 3.63) is 36.0 Å². The maximum atomic E-state index is 13.1. The Morgan fingerprint density at radius 3 is 2.68 bits per heavy atom. The third-order valence-corrected chi connectivity index (χ3v) is 7.17. The van der Waals surface area contributed by atoms with Gasteiger partial charge >= 0.3 is 11.9 Å². The lowest BCUT2D eigenvalue weighted by atomic mass is 9.44. The van der Waals surface area contributed by atoms with Crippen molar-refractivity contribution in [2.24, 2.45) is 28.6 Å². The van der Waals surface area contributed by atoms with E-state index in [1.807, 2.05) is 13.8 Å². The molecular formula is C21H24O7. The summed E-state index contributed by atoms with van der Waals surface area (Å²) >= 11 is 0. The van der Waals surface area contributed by atoms with Gasteiger partial charge in [-0.25, -0.2) is 0 Å². The van der Waals surface area contributed by atoms with Crippen LogP contribution < -0.4 is 0 Å². The van der Waals surface area contributed by atoms with Crippen molar-refractivity contribution in [1.82, 2.24) is 0 Å². The van der Waals surface area contributed by atoms with Gasteiger partial charge in [-0.2, -0.15) is 0 Å². The van der Waals surface area contributed by atoms with Crippen LogP contribution in [0.4, 0.5) is 0 Å². The Hall–Kier alpha value is -2.57. The first kappa shape index (κ1) is 18.8. The van der Waals surface area contributed by atoms with Crippen LogP contribution in [0.3, 0.4) is 0 Å². The highest BCUT2D eigenvalue weighted by molar-refractivity contribution is 5.99. The summed E-state index contributed by atoms with van der Waals surface area (Å²) < 4.78 is 15.7. The molecule has 1 N–H and O–H groups in total. The van der Waals surface area contributed by atoms with Crippen LogP contribution in [-0.4, -0.2) is 29.9 Å². The Balaban J connectivity index is 1.81. The van der Waals surface area contributed by atoms with Gasteiger partial charge < -0.3 is 19.0 Å². The lowest BCUT2D eigenvalue weighted by Gasteiger charge is -2.59. The third-order valence-electron chi connectivity index (χ3n) is 7.17. The molecule has 0 radical (unpaired) electrons. The van der Waals surface area contributed by atoms with Gasteiger partial charge in [-0.05, 0) is 42.2 Å². The number of carbonyl (C=O) groups is 3. The zero-order chi connectivity index (χ0) is 20.3. The van der Waals surface area contributed by atoms with Gasteiger partial charge in [-0.3, -0.25) is 14.4 Å². The number of aliphatic hydroxyl groups is 1. The molecule has 1 aromatic heterocycles. The molecule has 2 fully saturated rings.